The van der Waals surface area contributed by atoms with Crippen LogP contribution in [0.3, 0.4) is 0 Å². The van der Waals surface area contributed by atoms with Crippen LogP contribution in [0, 0.1) is 5.92 Å². The molecule has 4 nitrogen and oxygen atoms in total. The average Bonchev–Trinajstić information content (AvgIpc) is 2.76. The number of piperidine rings is 1. The van der Waals surface area contributed by atoms with Gasteiger partial charge in [0.25, 0.3) is 0 Å². The van der Waals surface area contributed by atoms with E-state index in [-0.39, 0.29) is 6.42 Å². The predicted octanol–water partition coefficient (Wildman–Crippen LogP) is 2.40. The third-order valence-electron chi connectivity index (χ3n) is 3.19. The number of hydrogen-bond donors (Lipinski definition) is 1. The molecule has 5 heteroatoms. The van der Waals surface area contributed by atoms with Gasteiger partial charge in [0.1, 0.15) is 0 Å². The molecule has 1 aliphatic rings. The van der Waals surface area contributed by atoms with Crippen LogP contribution < -0.4 is 4.90 Å². The largest absolute Gasteiger partial charge is 0.481 e. The first-order valence-corrected chi connectivity index (χ1v) is 6.94. The van der Waals surface area contributed by atoms with E-state index in [0.717, 1.165) is 29.8 Å². The van der Waals surface area contributed by atoms with Gasteiger partial charge in [-0.25, -0.2) is 4.98 Å². The van der Waals surface area contributed by atoms with Gasteiger partial charge in [-0.05, 0) is 18.8 Å². The molecule has 1 aromatic heterocycles. The molecule has 0 atom stereocenters. The first kappa shape index (κ1) is 12.4. The zero-order valence-corrected chi connectivity index (χ0v) is 10.9. The van der Waals surface area contributed by atoms with Crippen molar-refractivity contribution in [3.8, 4) is 0 Å². The van der Waals surface area contributed by atoms with Gasteiger partial charge in [0.05, 0.1) is 12.1 Å². The molecule has 1 fully saturated rings. The second-order valence-electron chi connectivity index (χ2n) is 4.68. The lowest BCUT2D eigenvalue weighted by Gasteiger charge is -2.29. The second-order valence-corrected chi connectivity index (χ2v) is 5.52. The molecule has 1 N–H and O–H groups in total. The number of anilines is 1. The molecule has 0 radical (unpaired) electrons. The molecule has 94 valence electrons. The quantitative estimate of drug-likeness (QED) is 0.896. The van der Waals surface area contributed by atoms with E-state index in [1.807, 2.05) is 5.38 Å². The summed E-state index contributed by atoms with van der Waals surface area (Å²) in [6.45, 7) is 4.44. The monoisotopic (exact) mass is 254 g/mol. The van der Waals surface area contributed by atoms with Gasteiger partial charge in [0, 0.05) is 24.9 Å². The Morgan fingerprint density at radius 1 is 1.59 bits per heavy atom. The van der Waals surface area contributed by atoms with E-state index in [1.54, 1.807) is 11.3 Å². The molecule has 1 aliphatic heterocycles. The van der Waals surface area contributed by atoms with Crippen LogP contribution >= 0.6 is 11.3 Å². The van der Waals surface area contributed by atoms with Crippen LogP contribution in [0.4, 0.5) is 5.13 Å². The third-order valence-corrected chi connectivity index (χ3v) is 4.14. The van der Waals surface area contributed by atoms with Gasteiger partial charge in [0.15, 0.2) is 5.13 Å². The molecule has 2 rings (SSSR count). The number of aliphatic carboxylic acids is 1. The van der Waals surface area contributed by atoms with E-state index in [1.165, 1.54) is 12.8 Å². The van der Waals surface area contributed by atoms with Crippen molar-refractivity contribution in [1.29, 1.82) is 0 Å². The first-order valence-electron chi connectivity index (χ1n) is 6.06. The molecule has 0 saturated carbocycles. The van der Waals surface area contributed by atoms with E-state index >= 15 is 0 Å². The summed E-state index contributed by atoms with van der Waals surface area (Å²) in [5, 5.41) is 11.7. The van der Waals surface area contributed by atoms with Crippen molar-refractivity contribution in [2.75, 3.05) is 18.0 Å². The highest BCUT2D eigenvalue weighted by atomic mass is 32.1. The van der Waals surface area contributed by atoms with Crippen molar-refractivity contribution in [2.24, 2.45) is 5.92 Å². The van der Waals surface area contributed by atoms with Crippen molar-refractivity contribution >= 4 is 22.4 Å². The maximum atomic E-state index is 10.5. The fourth-order valence-corrected chi connectivity index (χ4v) is 2.90. The number of rotatable bonds is 4. The van der Waals surface area contributed by atoms with Crippen LogP contribution in [0.15, 0.2) is 5.38 Å². The molecular weight excluding hydrogens is 236 g/mol. The molecule has 2 heterocycles. The Kier molecular flexibility index (Phi) is 3.99. The Labute approximate surface area is 105 Å². The van der Waals surface area contributed by atoms with E-state index < -0.39 is 5.97 Å². The third kappa shape index (κ3) is 3.43. The van der Waals surface area contributed by atoms with Crippen molar-refractivity contribution in [3.63, 3.8) is 0 Å². The summed E-state index contributed by atoms with van der Waals surface area (Å²) in [5.41, 5.74) is 0.908. The molecule has 0 aromatic carbocycles. The van der Waals surface area contributed by atoms with Crippen LogP contribution in [0.2, 0.25) is 0 Å². The number of thiazole rings is 1. The maximum Gasteiger partial charge on any atom is 0.303 e. The normalized spacial score (nSPS) is 17.4. The summed E-state index contributed by atoms with van der Waals surface area (Å²) < 4.78 is 0. The smallest absolute Gasteiger partial charge is 0.303 e. The number of aromatic nitrogens is 1. The summed E-state index contributed by atoms with van der Waals surface area (Å²) in [7, 11) is 0. The lowest BCUT2D eigenvalue weighted by atomic mass is 10.00. The maximum absolute atomic E-state index is 10.5. The zero-order valence-electron chi connectivity index (χ0n) is 10.1. The van der Waals surface area contributed by atoms with Crippen LogP contribution in [0.25, 0.3) is 0 Å². The lowest BCUT2D eigenvalue weighted by molar-refractivity contribution is -0.136. The van der Waals surface area contributed by atoms with Crippen molar-refractivity contribution in [2.45, 2.75) is 32.6 Å². The topological polar surface area (TPSA) is 53.4 Å². The Balaban J connectivity index is 1.91. The van der Waals surface area contributed by atoms with Crippen LogP contribution in [-0.4, -0.2) is 29.1 Å². The van der Waals surface area contributed by atoms with E-state index in [0.29, 0.717) is 6.42 Å². The zero-order chi connectivity index (χ0) is 12.3. The Bertz CT molecular complexity index is 384. The molecule has 0 amide bonds. The minimum atomic E-state index is -0.758. The Hall–Kier alpha value is -1.10. The van der Waals surface area contributed by atoms with Crippen LogP contribution in [-0.2, 0) is 11.2 Å². The van der Waals surface area contributed by atoms with Crippen LogP contribution in [0.1, 0.15) is 31.9 Å². The Morgan fingerprint density at radius 3 is 2.94 bits per heavy atom. The number of aryl methyl sites for hydroxylation is 1. The Morgan fingerprint density at radius 2 is 2.29 bits per heavy atom. The number of carboxylic acids is 1. The van der Waals surface area contributed by atoms with Gasteiger partial charge in [0.2, 0.25) is 0 Å². The van der Waals surface area contributed by atoms with Crippen molar-refractivity contribution in [3.05, 3.63) is 11.1 Å². The highest BCUT2D eigenvalue weighted by Crippen LogP contribution is 2.26. The number of hydrogen-bond acceptors (Lipinski definition) is 4. The van der Waals surface area contributed by atoms with E-state index in [2.05, 4.69) is 16.8 Å². The molecule has 1 aromatic rings. The minimum absolute atomic E-state index is 0.167. The van der Waals surface area contributed by atoms with E-state index in [9.17, 15) is 4.79 Å². The molecule has 1 saturated heterocycles. The molecular formula is C12H18N2O2S. The number of carboxylic acid groups (broad SMARTS) is 1. The SMILES string of the molecule is CC1CCN(c2nc(CCC(=O)O)cs2)CC1. The highest BCUT2D eigenvalue weighted by molar-refractivity contribution is 7.13. The molecule has 0 unspecified atom stereocenters. The lowest BCUT2D eigenvalue weighted by Crippen LogP contribution is -2.32. The molecule has 0 aliphatic carbocycles. The van der Waals surface area contributed by atoms with Gasteiger partial charge in [-0.1, -0.05) is 6.92 Å². The van der Waals surface area contributed by atoms with Gasteiger partial charge in [-0.15, -0.1) is 11.3 Å². The van der Waals surface area contributed by atoms with Gasteiger partial charge in [-0.2, -0.15) is 0 Å². The van der Waals surface area contributed by atoms with Crippen molar-refractivity contribution in [1.82, 2.24) is 4.98 Å². The number of carbonyl (C=O) groups is 1. The average molecular weight is 254 g/mol. The number of nitrogens with zero attached hydrogens (tertiary/aromatic N) is 2. The fourth-order valence-electron chi connectivity index (χ4n) is 1.99. The molecule has 0 spiro atoms. The van der Waals surface area contributed by atoms with E-state index in [4.69, 9.17) is 5.11 Å². The first-order chi connectivity index (χ1) is 8.15. The van der Waals surface area contributed by atoms with Gasteiger partial charge >= 0.3 is 5.97 Å². The van der Waals surface area contributed by atoms with Gasteiger partial charge in [-0.3, -0.25) is 4.79 Å². The summed E-state index contributed by atoms with van der Waals surface area (Å²) in [6, 6.07) is 0. The van der Waals surface area contributed by atoms with Gasteiger partial charge < -0.3 is 10.0 Å². The molecule has 17 heavy (non-hydrogen) atoms. The summed E-state index contributed by atoms with van der Waals surface area (Å²) in [5.74, 6) is 0.0593. The summed E-state index contributed by atoms with van der Waals surface area (Å²) in [4.78, 5) is 17.3. The summed E-state index contributed by atoms with van der Waals surface area (Å²) in [6.07, 6.45) is 3.16. The highest BCUT2D eigenvalue weighted by Gasteiger charge is 2.18. The molecule has 0 bridgehead atoms. The van der Waals surface area contributed by atoms with Crippen LogP contribution in [0.5, 0.6) is 0 Å². The fraction of sp³-hybridized carbons (Fsp3) is 0.667. The standard InChI is InChI=1S/C12H18N2O2S/c1-9-4-6-14(7-5-9)12-13-10(8-17-12)2-3-11(15)16/h8-9H,2-7H2,1H3,(H,15,16). The minimum Gasteiger partial charge on any atom is -0.481 e. The second kappa shape index (κ2) is 5.49. The summed E-state index contributed by atoms with van der Waals surface area (Å²) >= 11 is 1.63. The predicted molar refractivity (Wildman–Crippen MR) is 68.7 cm³/mol. The van der Waals surface area contributed by atoms with Crippen molar-refractivity contribution < 1.29 is 9.90 Å².